The first-order valence-corrected chi connectivity index (χ1v) is 5.51. The van der Waals surface area contributed by atoms with Gasteiger partial charge in [-0.05, 0) is 23.8 Å². The molecule has 82 valence electrons. The van der Waals surface area contributed by atoms with Crippen LogP contribution in [0.4, 0.5) is 0 Å². The Kier molecular flexibility index (Phi) is 2.26. The van der Waals surface area contributed by atoms with Crippen molar-refractivity contribution in [3.63, 3.8) is 0 Å². The van der Waals surface area contributed by atoms with Gasteiger partial charge in [0.25, 0.3) is 0 Å². The average molecular weight is 221 g/mol. The van der Waals surface area contributed by atoms with Crippen LogP contribution in [-0.4, -0.2) is 4.40 Å². The van der Waals surface area contributed by atoms with Crippen molar-refractivity contribution < 1.29 is 0 Å². The minimum atomic E-state index is 0.0210. The molecule has 0 aliphatic heterocycles. The van der Waals surface area contributed by atoms with Crippen LogP contribution < -0.4 is 5.43 Å². The number of aromatic nitrogens is 1. The van der Waals surface area contributed by atoms with Crippen molar-refractivity contribution in [2.45, 2.75) is 0 Å². The summed E-state index contributed by atoms with van der Waals surface area (Å²) >= 11 is 0. The molecule has 0 amide bonds. The molecule has 17 heavy (non-hydrogen) atoms. The van der Waals surface area contributed by atoms with Crippen molar-refractivity contribution in [3.8, 4) is 11.1 Å². The molecule has 0 N–H and O–H groups in total. The van der Waals surface area contributed by atoms with Gasteiger partial charge in [0.15, 0.2) is 5.43 Å². The van der Waals surface area contributed by atoms with E-state index < -0.39 is 0 Å². The standard InChI is InChI=1S/C15H11NO/c17-13-6-7-15-14(9-11-16(15)10-8-13)12-4-2-1-3-5-12/h1-11H. The first kappa shape index (κ1) is 9.85. The maximum absolute atomic E-state index is 11.3. The van der Waals surface area contributed by atoms with Gasteiger partial charge in [-0.25, -0.2) is 0 Å². The average Bonchev–Trinajstić information content (AvgIpc) is 2.69. The SMILES string of the molecule is O=c1ccc2c(-c3ccccc3)ccn2cc1. The van der Waals surface area contributed by atoms with E-state index in [1.807, 2.05) is 34.9 Å². The Morgan fingerprint density at radius 3 is 2.35 bits per heavy atom. The Bertz CT molecular complexity index is 714. The molecule has 0 aliphatic carbocycles. The summed E-state index contributed by atoms with van der Waals surface area (Å²) < 4.78 is 1.96. The number of rotatable bonds is 1. The van der Waals surface area contributed by atoms with Crippen LogP contribution in [0.15, 0.2) is 71.8 Å². The van der Waals surface area contributed by atoms with E-state index in [0.717, 1.165) is 16.6 Å². The van der Waals surface area contributed by atoms with E-state index in [-0.39, 0.29) is 5.43 Å². The number of hydrogen-bond acceptors (Lipinski definition) is 1. The van der Waals surface area contributed by atoms with Crippen LogP contribution in [0.2, 0.25) is 0 Å². The lowest BCUT2D eigenvalue weighted by Gasteiger charge is -1.97. The Labute approximate surface area is 98.8 Å². The molecule has 2 heterocycles. The molecule has 2 heteroatoms. The Morgan fingerprint density at radius 2 is 1.53 bits per heavy atom. The zero-order valence-electron chi connectivity index (χ0n) is 9.21. The van der Waals surface area contributed by atoms with Gasteiger partial charge in [-0.1, -0.05) is 30.3 Å². The summed E-state index contributed by atoms with van der Waals surface area (Å²) in [4.78, 5) is 11.3. The van der Waals surface area contributed by atoms with Crippen molar-refractivity contribution in [2.24, 2.45) is 0 Å². The number of fused-ring (bicyclic) bond motifs is 1. The molecule has 0 saturated heterocycles. The number of hydrogen-bond donors (Lipinski definition) is 0. The van der Waals surface area contributed by atoms with Gasteiger partial charge >= 0.3 is 0 Å². The fourth-order valence-electron chi connectivity index (χ4n) is 2.00. The minimum absolute atomic E-state index is 0.0210. The topological polar surface area (TPSA) is 21.5 Å². The highest BCUT2D eigenvalue weighted by molar-refractivity contribution is 5.80. The van der Waals surface area contributed by atoms with Crippen molar-refractivity contribution in [1.29, 1.82) is 0 Å². The molecule has 3 aromatic rings. The molecule has 0 bridgehead atoms. The van der Waals surface area contributed by atoms with Crippen LogP contribution in [0.3, 0.4) is 0 Å². The zero-order chi connectivity index (χ0) is 11.7. The molecule has 2 aromatic heterocycles. The van der Waals surface area contributed by atoms with E-state index in [1.165, 1.54) is 0 Å². The molecule has 0 atom stereocenters. The van der Waals surface area contributed by atoms with Crippen LogP contribution in [0, 0.1) is 0 Å². The third-order valence-electron chi connectivity index (χ3n) is 2.85. The van der Waals surface area contributed by atoms with Gasteiger partial charge in [0.05, 0.1) is 5.52 Å². The minimum Gasteiger partial charge on any atom is -0.323 e. The van der Waals surface area contributed by atoms with E-state index in [9.17, 15) is 4.79 Å². The van der Waals surface area contributed by atoms with Gasteiger partial charge in [0.1, 0.15) is 0 Å². The van der Waals surface area contributed by atoms with Gasteiger partial charge in [-0.15, -0.1) is 0 Å². The highest BCUT2D eigenvalue weighted by atomic mass is 16.1. The molecule has 3 rings (SSSR count). The second-order valence-corrected chi connectivity index (χ2v) is 3.94. The molecule has 0 saturated carbocycles. The van der Waals surface area contributed by atoms with Crippen LogP contribution in [-0.2, 0) is 0 Å². The third kappa shape index (κ3) is 1.74. The monoisotopic (exact) mass is 221 g/mol. The largest absolute Gasteiger partial charge is 0.323 e. The molecular weight excluding hydrogens is 210 g/mol. The van der Waals surface area contributed by atoms with Crippen molar-refractivity contribution >= 4 is 5.52 Å². The molecule has 0 fully saturated rings. The predicted octanol–water partition coefficient (Wildman–Crippen LogP) is 2.97. The lowest BCUT2D eigenvalue weighted by molar-refractivity contribution is 1.21. The van der Waals surface area contributed by atoms with Crippen molar-refractivity contribution in [3.05, 3.63) is 77.2 Å². The normalized spacial score (nSPS) is 10.6. The van der Waals surface area contributed by atoms with Gasteiger partial charge in [-0.3, -0.25) is 4.79 Å². The number of benzene rings is 1. The molecule has 0 radical (unpaired) electrons. The van der Waals surface area contributed by atoms with Crippen molar-refractivity contribution in [2.75, 3.05) is 0 Å². The highest BCUT2D eigenvalue weighted by Gasteiger charge is 2.02. The lowest BCUT2D eigenvalue weighted by Crippen LogP contribution is -1.88. The third-order valence-corrected chi connectivity index (χ3v) is 2.85. The number of nitrogens with zero attached hydrogens (tertiary/aromatic N) is 1. The summed E-state index contributed by atoms with van der Waals surface area (Å²) in [6.45, 7) is 0. The molecule has 1 aromatic carbocycles. The summed E-state index contributed by atoms with van der Waals surface area (Å²) in [6.07, 6.45) is 3.77. The Morgan fingerprint density at radius 1 is 0.765 bits per heavy atom. The molecule has 2 nitrogen and oxygen atoms in total. The Hall–Kier alpha value is -2.35. The fourth-order valence-corrected chi connectivity index (χ4v) is 2.00. The van der Waals surface area contributed by atoms with E-state index in [4.69, 9.17) is 0 Å². The second-order valence-electron chi connectivity index (χ2n) is 3.94. The Balaban J connectivity index is 2.33. The van der Waals surface area contributed by atoms with Crippen LogP contribution in [0.5, 0.6) is 0 Å². The molecule has 0 spiro atoms. The van der Waals surface area contributed by atoms with Crippen LogP contribution in [0.1, 0.15) is 0 Å². The molecule has 0 unspecified atom stereocenters. The van der Waals surface area contributed by atoms with E-state index in [0.29, 0.717) is 0 Å². The summed E-state index contributed by atoms with van der Waals surface area (Å²) in [7, 11) is 0. The van der Waals surface area contributed by atoms with E-state index in [1.54, 1.807) is 18.3 Å². The maximum atomic E-state index is 11.3. The van der Waals surface area contributed by atoms with E-state index >= 15 is 0 Å². The van der Waals surface area contributed by atoms with Gasteiger partial charge in [0, 0.05) is 24.0 Å². The van der Waals surface area contributed by atoms with Gasteiger partial charge in [0.2, 0.25) is 0 Å². The first-order chi connectivity index (χ1) is 8.34. The predicted molar refractivity (Wildman–Crippen MR) is 69.1 cm³/mol. The first-order valence-electron chi connectivity index (χ1n) is 5.51. The second kappa shape index (κ2) is 3.91. The summed E-state index contributed by atoms with van der Waals surface area (Å²) in [5, 5.41) is 0. The fraction of sp³-hybridized carbons (Fsp3) is 0. The molecule has 0 aliphatic rings. The smallest absolute Gasteiger partial charge is 0.180 e. The van der Waals surface area contributed by atoms with Crippen molar-refractivity contribution in [1.82, 2.24) is 4.40 Å². The van der Waals surface area contributed by atoms with Crippen LogP contribution in [0.25, 0.3) is 16.6 Å². The van der Waals surface area contributed by atoms with Gasteiger partial charge in [-0.2, -0.15) is 0 Å². The van der Waals surface area contributed by atoms with E-state index in [2.05, 4.69) is 18.2 Å². The lowest BCUT2D eigenvalue weighted by atomic mass is 10.1. The zero-order valence-corrected chi connectivity index (χ0v) is 9.21. The highest BCUT2D eigenvalue weighted by Crippen LogP contribution is 2.24. The summed E-state index contributed by atoms with van der Waals surface area (Å²) in [6, 6.07) is 17.3. The molecular formula is C15H11NO. The summed E-state index contributed by atoms with van der Waals surface area (Å²) in [5.74, 6) is 0. The quantitative estimate of drug-likeness (QED) is 0.619. The summed E-state index contributed by atoms with van der Waals surface area (Å²) in [5.41, 5.74) is 3.36. The van der Waals surface area contributed by atoms with Gasteiger partial charge < -0.3 is 4.40 Å². The maximum Gasteiger partial charge on any atom is 0.180 e. The van der Waals surface area contributed by atoms with Crippen LogP contribution >= 0.6 is 0 Å².